The predicted molar refractivity (Wildman–Crippen MR) is 111 cm³/mol. The number of aliphatic carboxylic acids is 1. The van der Waals surface area contributed by atoms with Gasteiger partial charge in [-0.1, -0.05) is 60.7 Å². The number of rotatable bonds is 6. The third-order valence-corrected chi connectivity index (χ3v) is 5.28. The summed E-state index contributed by atoms with van der Waals surface area (Å²) in [6.07, 6.45) is -0.752. The summed E-state index contributed by atoms with van der Waals surface area (Å²) in [5.74, 6) is -1.23. The molecule has 3 N–H and O–H groups in total. The zero-order valence-corrected chi connectivity index (χ0v) is 16.1. The average Bonchev–Trinajstić information content (AvgIpc) is 3.06. The molecule has 0 aliphatic heterocycles. The van der Waals surface area contributed by atoms with Gasteiger partial charge in [-0.05, 0) is 39.9 Å². The van der Waals surface area contributed by atoms with Crippen molar-refractivity contribution in [1.29, 1.82) is 0 Å². The second kappa shape index (κ2) is 8.29. The number of benzene rings is 3. The fourth-order valence-electron chi connectivity index (χ4n) is 3.90. The van der Waals surface area contributed by atoms with Gasteiger partial charge in [0.25, 0.3) is 0 Å². The van der Waals surface area contributed by atoms with Gasteiger partial charge in [-0.15, -0.1) is 0 Å². The maximum atomic E-state index is 12.3. The molecule has 0 fully saturated rings. The van der Waals surface area contributed by atoms with Crippen LogP contribution in [0.1, 0.15) is 22.6 Å². The highest BCUT2D eigenvalue weighted by atomic mass is 16.5. The molecule has 0 heterocycles. The van der Waals surface area contributed by atoms with Crippen LogP contribution in [0.3, 0.4) is 0 Å². The molecule has 0 saturated carbocycles. The van der Waals surface area contributed by atoms with Crippen LogP contribution in [-0.2, 0) is 16.0 Å². The normalized spacial score (nSPS) is 13.2. The second-order valence-corrected chi connectivity index (χ2v) is 7.23. The molecule has 6 nitrogen and oxygen atoms in total. The molecule has 0 bridgehead atoms. The number of aromatic hydroxyl groups is 1. The van der Waals surface area contributed by atoms with Crippen LogP contribution in [0.25, 0.3) is 11.1 Å². The Morgan fingerprint density at radius 3 is 2.17 bits per heavy atom. The van der Waals surface area contributed by atoms with Gasteiger partial charge in [0.1, 0.15) is 18.4 Å². The molecule has 0 unspecified atom stereocenters. The van der Waals surface area contributed by atoms with E-state index < -0.39 is 18.1 Å². The van der Waals surface area contributed by atoms with Crippen molar-refractivity contribution in [2.24, 2.45) is 0 Å². The number of hydrogen-bond acceptors (Lipinski definition) is 4. The Hall–Kier alpha value is -3.80. The van der Waals surface area contributed by atoms with E-state index in [0.717, 1.165) is 22.3 Å². The maximum absolute atomic E-state index is 12.3. The number of nitrogens with one attached hydrogen (secondary N) is 1. The lowest BCUT2D eigenvalue weighted by Crippen LogP contribution is -2.42. The van der Waals surface area contributed by atoms with E-state index in [2.05, 4.69) is 5.32 Å². The highest BCUT2D eigenvalue weighted by Gasteiger charge is 2.29. The van der Waals surface area contributed by atoms with Crippen LogP contribution in [-0.4, -0.2) is 34.9 Å². The third-order valence-electron chi connectivity index (χ3n) is 5.28. The number of hydrogen-bond donors (Lipinski definition) is 3. The summed E-state index contributed by atoms with van der Waals surface area (Å²) in [5, 5.41) is 21.4. The summed E-state index contributed by atoms with van der Waals surface area (Å²) >= 11 is 0. The second-order valence-electron chi connectivity index (χ2n) is 7.23. The summed E-state index contributed by atoms with van der Waals surface area (Å²) in [4.78, 5) is 23.9. The van der Waals surface area contributed by atoms with Gasteiger partial charge in [-0.25, -0.2) is 9.59 Å². The number of carbonyl (C=O) groups excluding carboxylic acids is 1. The molecule has 1 atom stereocenters. The monoisotopic (exact) mass is 403 g/mol. The van der Waals surface area contributed by atoms with Crippen molar-refractivity contribution in [3.63, 3.8) is 0 Å². The number of fused-ring (bicyclic) bond motifs is 3. The SMILES string of the molecule is O=C(N[C@@H](Cc1cccc(O)c1)C(=O)O)OCC1c2ccccc2-c2ccccc21. The molecule has 3 aromatic carbocycles. The van der Waals surface area contributed by atoms with E-state index in [9.17, 15) is 19.8 Å². The number of carbonyl (C=O) groups is 2. The van der Waals surface area contributed by atoms with Gasteiger partial charge < -0.3 is 20.3 Å². The summed E-state index contributed by atoms with van der Waals surface area (Å²) in [6.45, 7) is 0.109. The first-order valence-corrected chi connectivity index (χ1v) is 9.65. The van der Waals surface area contributed by atoms with E-state index in [1.165, 1.54) is 12.1 Å². The molecule has 6 heteroatoms. The zero-order chi connectivity index (χ0) is 21.1. The predicted octanol–water partition coefficient (Wildman–Crippen LogP) is 3.93. The van der Waals surface area contributed by atoms with Gasteiger partial charge in [-0.3, -0.25) is 0 Å². The molecule has 0 radical (unpaired) electrons. The Bertz CT molecular complexity index is 1050. The minimum absolute atomic E-state index is 0.0356. The van der Waals surface area contributed by atoms with Crippen molar-refractivity contribution < 1.29 is 24.5 Å². The number of phenolic OH excluding ortho intramolecular Hbond substituents is 1. The molecule has 4 rings (SSSR count). The average molecular weight is 403 g/mol. The molecule has 1 amide bonds. The molecule has 3 aromatic rings. The van der Waals surface area contributed by atoms with E-state index in [4.69, 9.17) is 4.74 Å². The first kappa shape index (κ1) is 19.5. The van der Waals surface area contributed by atoms with E-state index >= 15 is 0 Å². The van der Waals surface area contributed by atoms with E-state index in [1.807, 2.05) is 48.5 Å². The lowest BCUT2D eigenvalue weighted by Gasteiger charge is -2.17. The lowest BCUT2D eigenvalue weighted by atomic mass is 9.98. The van der Waals surface area contributed by atoms with Gasteiger partial charge in [0, 0.05) is 12.3 Å². The minimum Gasteiger partial charge on any atom is -0.508 e. The standard InChI is InChI=1S/C24H21NO5/c26-16-7-5-6-15(12-16)13-22(23(27)28)25-24(29)30-14-21-19-10-3-1-8-17(19)18-9-2-4-11-20(18)21/h1-12,21-22,26H,13-14H2,(H,25,29)(H,27,28)/t22-/m0/s1. The molecule has 0 aromatic heterocycles. The first-order valence-electron chi connectivity index (χ1n) is 9.65. The molecule has 30 heavy (non-hydrogen) atoms. The van der Waals surface area contributed by atoms with Gasteiger partial charge in [-0.2, -0.15) is 0 Å². The van der Waals surface area contributed by atoms with Crippen molar-refractivity contribution >= 4 is 12.1 Å². The van der Waals surface area contributed by atoms with Gasteiger partial charge in [0.05, 0.1) is 0 Å². The highest BCUT2D eigenvalue weighted by molar-refractivity contribution is 5.81. The molecule has 1 aliphatic carbocycles. The van der Waals surface area contributed by atoms with Crippen LogP contribution < -0.4 is 5.32 Å². The van der Waals surface area contributed by atoms with E-state index in [0.29, 0.717) is 5.56 Å². The van der Waals surface area contributed by atoms with E-state index in [-0.39, 0.29) is 24.7 Å². The maximum Gasteiger partial charge on any atom is 0.407 e. The van der Waals surface area contributed by atoms with Gasteiger partial charge in [0.2, 0.25) is 0 Å². The third kappa shape index (κ3) is 3.98. The Balaban J connectivity index is 1.43. The van der Waals surface area contributed by atoms with Crippen molar-refractivity contribution in [3.05, 3.63) is 89.5 Å². The Labute approximate surface area is 173 Å². The van der Waals surface area contributed by atoms with Crippen LogP contribution in [0.4, 0.5) is 4.79 Å². The topological polar surface area (TPSA) is 95.9 Å². The fraction of sp³-hybridized carbons (Fsp3) is 0.167. The first-order chi connectivity index (χ1) is 14.5. The van der Waals surface area contributed by atoms with Crippen LogP contribution in [0.5, 0.6) is 5.75 Å². The number of amides is 1. The van der Waals surface area contributed by atoms with E-state index in [1.54, 1.807) is 12.1 Å². The van der Waals surface area contributed by atoms with Gasteiger partial charge >= 0.3 is 12.1 Å². The van der Waals surface area contributed by atoms with Crippen molar-refractivity contribution in [2.45, 2.75) is 18.4 Å². The summed E-state index contributed by atoms with van der Waals surface area (Å²) < 4.78 is 5.42. The van der Waals surface area contributed by atoms with Gasteiger partial charge in [0.15, 0.2) is 0 Å². The molecule has 0 spiro atoms. The van der Waals surface area contributed by atoms with Crippen molar-refractivity contribution in [3.8, 4) is 16.9 Å². The molecular weight excluding hydrogens is 382 g/mol. The number of ether oxygens (including phenoxy) is 1. The van der Waals surface area contributed by atoms with Crippen LogP contribution >= 0.6 is 0 Å². The Morgan fingerprint density at radius 1 is 0.933 bits per heavy atom. The fourth-order valence-corrected chi connectivity index (χ4v) is 3.90. The smallest absolute Gasteiger partial charge is 0.407 e. The quantitative estimate of drug-likeness (QED) is 0.580. The summed E-state index contributed by atoms with van der Waals surface area (Å²) in [5.41, 5.74) is 5.01. The Morgan fingerprint density at radius 2 is 1.57 bits per heavy atom. The minimum atomic E-state index is -1.17. The van der Waals surface area contributed by atoms with Crippen LogP contribution in [0.2, 0.25) is 0 Å². The lowest BCUT2D eigenvalue weighted by molar-refractivity contribution is -0.139. The Kier molecular flexibility index (Phi) is 5.39. The van der Waals surface area contributed by atoms with Crippen molar-refractivity contribution in [2.75, 3.05) is 6.61 Å². The number of phenols is 1. The molecule has 1 aliphatic rings. The summed E-state index contributed by atoms with van der Waals surface area (Å²) in [6, 6.07) is 21.1. The number of carboxylic acid groups (broad SMARTS) is 1. The largest absolute Gasteiger partial charge is 0.508 e. The van der Waals surface area contributed by atoms with Crippen molar-refractivity contribution in [1.82, 2.24) is 5.32 Å². The molecule has 152 valence electrons. The molecular formula is C24H21NO5. The molecule has 0 saturated heterocycles. The highest BCUT2D eigenvalue weighted by Crippen LogP contribution is 2.44. The van der Waals surface area contributed by atoms with Crippen LogP contribution in [0.15, 0.2) is 72.8 Å². The summed E-state index contributed by atoms with van der Waals surface area (Å²) in [7, 11) is 0. The number of alkyl carbamates (subject to hydrolysis) is 1. The number of carboxylic acids is 1. The van der Waals surface area contributed by atoms with Crippen LogP contribution in [0, 0.1) is 0 Å². The zero-order valence-electron chi connectivity index (χ0n) is 16.1.